The maximum Gasteiger partial charge on any atom is 0.208 e. The Hall–Kier alpha value is -1.41. The van der Waals surface area contributed by atoms with E-state index in [-0.39, 0.29) is 5.84 Å². The van der Waals surface area contributed by atoms with Gasteiger partial charge in [-0.05, 0) is 0 Å². The average Bonchev–Trinajstić information content (AvgIpc) is 2.78. The van der Waals surface area contributed by atoms with Gasteiger partial charge in [-0.1, -0.05) is 11.3 Å². The SMILES string of the molecule is N=NC(=N)c1nnc(N2CCNCC2)s1. The monoisotopic (exact) mass is 225 g/mol. The van der Waals surface area contributed by atoms with Crippen molar-refractivity contribution in [1.82, 2.24) is 15.5 Å². The summed E-state index contributed by atoms with van der Waals surface area (Å²) in [6, 6.07) is 0. The Labute approximate surface area is 90.5 Å². The second-order valence-electron chi connectivity index (χ2n) is 3.09. The molecule has 0 unspecified atom stereocenters. The number of piperazine rings is 1. The summed E-state index contributed by atoms with van der Waals surface area (Å²) in [5.74, 6) is -0.131. The highest BCUT2D eigenvalue weighted by Crippen LogP contribution is 2.20. The van der Waals surface area contributed by atoms with E-state index in [4.69, 9.17) is 10.9 Å². The van der Waals surface area contributed by atoms with Crippen LogP contribution in [0.2, 0.25) is 0 Å². The summed E-state index contributed by atoms with van der Waals surface area (Å²) in [6.07, 6.45) is 0. The number of hydrogen-bond acceptors (Lipinski definition) is 7. The number of nitrogens with one attached hydrogen (secondary N) is 3. The Bertz CT molecular complexity index is 367. The zero-order chi connectivity index (χ0) is 10.7. The van der Waals surface area contributed by atoms with Crippen LogP contribution in [0.3, 0.4) is 0 Å². The Morgan fingerprint density at radius 3 is 2.80 bits per heavy atom. The molecule has 1 saturated heterocycles. The van der Waals surface area contributed by atoms with Gasteiger partial charge in [0.15, 0.2) is 5.01 Å². The second-order valence-corrected chi connectivity index (χ2v) is 4.04. The summed E-state index contributed by atoms with van der Waals surface area (Å²) >= 11 is 1.31. The number of hydrogen-bond donors (Lipinski definition) is 3. The van der Waals surface area contributed by atoms with Crippen LogP contribution in [-0.2, 0) is 0 Å². The zero-order valence-electron chi connectivity index (χ0n) is 8.03. The van der Waals surface area contributed by atoms with Gasteiger partial charge >= 0.3 is 0 Å². The van der Waals surface area contributed by atoms with Gasteiger partial charge in [-0.25, -0.2) is 5.53 Å². The van der Waals surface area contributed by atoms with Crippen LogP contribution in [-0.4, -0.2) is 42.2 Å². The van der Waals surface area contributed by atoms with Crippen LogP contribution >= 0.6 is 11.3 Å². The molecule has 0 radical (unpaired) electrons. The van der Waals surface area contributed by atoms with Gasteiger partial charge in [-0.3, -0.25) is 5.41 Å². The van der Waals surface area contributed by atoms with E-state index in [0.29, 0.717) is 5.01 Å². The van der Waals surface area contributed by atoms with Gasteiger partial charge in [0, 0.05) is 26.2 Å². The lowest BCUT2D eigenvalue weighted by molar-refractivity contribution is 0.587. The molecular weight excluding hydrogens is 214 g/mol. The van der Waals surface area contributed by atoms with E-state index in [1.54, 1.807) is 0 Å². The maximum absolute atomic E-state index is 7.33. The van der Waals surface area contributed by atoms with Crippen LogP contribution in [0, 0.1) is 10.9 Å². The molecule has 7 nitrogen and oxygen atoms in total. The van der Waals surface area contributed by atoms with Crippen LogP contribution < -0.4 is 10.2 Å². The first-order valence-electron chi connectivity index (χ1n) is 4.57. The Balaban J connectivity index is 2.11. The van der Waals surface area contributed by atoms with Crippen molar-refractivity contribution in [1.29, 1.82) is 10.9 Å². The van der Waals surface area contributed by atoms with Crippen LogP contribution in [0.15, 0.2) is 5.11 Å². The summed E-state index contributed by atoms with van der Waals surface area (Å²) in [4.78, 5) is 2.12. The number of amidine groups is 1. The number of aromatic nitrogens is 2. The zero-order valence-corrected chi connectivity index (χ0v) is 8.84. The van der Waals surface area contributed by atoms with E-state index in [9.17, 15) is 0 Å². The molecule has 1 aromatic rings. The van der Waals surface area contributed by atoms with Gasteiger partial charge in [-0.15, -0.1) is 15.3 Å². The molecule has 1 aromatic heterocycles. The summed E-state index contributed by atoms with van der Waals surface area (Å²) in [6.45, 7) is 3.68. The van der Waals surface area contributed by atoms with Crippen LogP contribution in [0.1, 0.15) is 5.01 Å². The van der Waals surface area contributed by atoms with Crippen molar-refractivity contribution in [3.63, 3.8) is 0 Å². The van der Waals surface area contributed by atoms with Crippen molar-refractivity contribution in [2.75, 3.05) is 31.1 Å². The standard InChI is InChI=1S/C7H11N7S/c8-5(11-9)6-12-13-7(15-6)14-3-1-10-2-4-14/h8-10H,1-4H2. The van der Waals surface area contributed by atoms with Gasteiger partial charge in [0.25, 0.3) is 0 Å². The van der Waals surface area contributed by atoms with Gasteiger partial charge in [0.1, 0.15) is 0 Å². The molecule has 0 saturated carbocycles. The molecule has 0 spiro atoms. The van der Waals surface area contributed by atoms with Gasteiger partial charge < -0.3 is 10.2 Å². The smallest absolute Gasteiger partial charge is 0.208 e. The fourth-order valence-corrected chi connectivity index (χ4v) is 2.13. The second kappa shape index (κ2) is 4.41. The Morgan fingerprint density at radius 2 is 2.13 bits per heavy atom. The molecule has 3 N–H and O–H groups in total. The van der Waals surface area contributed by atoms with Gasteiger partial charge in [-0.2, -0.15) is 0 Å². The van der Waals surface area contributed by atoms with E-state index in [2.05, 4.69) is 25.5 Å². The summed E-state index contributed by atoms with van der Waals surface area (Å²) in [5, 5.41) is 22.6. The van der Waals surface area contributed by atoms with E-state index in [1.165, 1.54) is 11.3 Å². The molecule has 0 atom stereocenters. The highest BCUT2D eigenvalue weighted by Gasteiger charge is 2.16. The third-order valence-electron chi connectivity index (χ3n) is 2.12. The van der Waals surface area contributed by atoms with Crippen LogP contribution in [0.25, 0.3) is 0 Å². The molecule has 0 aromatic carbocycles. The molecule has 2 heterocycles. The van der Waals surface area contributed by atoms with E-state index >= 15 is 0 Å². The van der Waals surface area contributed by atoms with E-state index < -0.39 is 0 Å². The number of rotatable bonds is 2. The first kappa shape index (κ1) is 10.1. The maximum atomic E-state index is 7.33. The van der Waals surface area contributed by atoms with Crippen molar-refractivity contribution < 1.29 is 0 Å². The molecule has 8 heteroatoms. The van der Waals surface area contributed by atoms with Crippen molar-refractivity contribution >= 4 is 22.3 Å². The predicted molar refractivity (Wildman–Crippen MR) is 57.0 cm³/mol. The quantitative estimate of drug-likeness (QED) is 0.383. The number of nitrogens with zero attached hydrogens (tertiary/aromatic N) is 4. The minimum absolute atomic E-state index is 0.131. The largest absolute Gasteiger partial charge is 0.344 e. The topological polar surface area (TPSA) is 101 Å². The molecule has 0 bridgehead atoms. The third-order valence-corrected chi connectivity index (χ3v) is 3.11. The molecule has 0 amide bonds. The molecule has 2 rings (SSSR count). The van der Waals surface area contributed by atoms with Crippen molar-refractivity contribution in [2.24, 2.45) is 5.11 Å². The average molecular weight is 225 g/mol. The van der Waals surface area contributed by atoms with E-state index in [1.807, 2.05) is 0 Å². The van der Waals surface area contributed by atoms with Crippen molar-refractivity contribution in [3.8, 4) is 0 Å². The normalized spacial score (nSPS) is 16.4. The third kappa shape index (κ3) is 2.16. The van der Waals surface area contributed by atoms with Crippen molar-refractivity contribution in [2.45, 2.75) is 0 Å². The lowest BCUT2D eigenvalue weighted by Crippen LogP contribution is -2.43. The molecule has 1 fully saturated rings. The lowest BCUT2D eigenvalue weighted by Gasteiger charge is -2.26. The first-order valence-corrected chi connectivity index (χ1v) is 5.38. The molecule has 1 aliphatic rings. The lowest BCUT2D eigenvalue weighted by atomic mass is 10.4. The molecular formula is C7H11N7S. The van der Waals surface area contributed by atoms with E-state index in [0.717, 1.165) is 31.3 Å². The number of anilines is 1. The van der Waals surface area contributed by atoms with Gasteiger partial charge in [0.2, 0.25) is 11.0 Å². The molecule has 1 aliphatic heterocycles. The van der Waals surface area contributed by atoms with Crippen LogP contribution in [0.4, 0.5) is 5.13 Å². The first-order chi connectivity index (χ1) is 7.31. The summed E-state index contributed by atoms with van der Waals surface area (Å²) in [5.41, 5.74) is 6.72. The van der Waals surface area contributed by atoms with Crippen molar-refractivity contribution in [3.05, 3.63) is 5.01 Å². The minimum atomic E-state index is -0.131. The summed E-state index contributed by atoms with van der Waals surface area (Å²) < 4.78 is 0. The minimum Gasteiger partial charge on any atom is -0.344 e. The summed E-state index contributed by atoms with van der Waals surface area (Å²) in [7, 11) is 0. The van der Waals surface area contributed by atoms with Crippen LogP contribution in [0.5, 0.6) is 0 Å². The van der Waals surface area contributed by atoms with Gasteiger partial charge in [0.05, 0.1) is 0 Å². The molecule has 0 aliphatic carbocycles. The fraction of sp³-hybridized carbons (Fsp3) is 0.571. The predicted octanol–water partition coefficient (Wildman–Crippen LogP) is 0.304. The fourth-order valence-electron chi connectivity index (χ4n) is 1.34. The molecule has 80 valence electrons. The highest BCUT2D eigenvalue weighted by atomic mass is 32.1. The molecule has 15 heavy (non-hydrogen) atoms. The Morgan fingerprint density at radius 1 is 1.40 bits per heavy atom. The highest BCUT2D eigenvalue weighted by molar-refractivity contribution is 7.17. The Kier molecular flexibility index (Phi) is 2.97.